The molecular formula is C18H19N3O4S2. The molecule has 1 saturated heterocycles. The highest BCUT2D eigenvalue weighted by Crippen LogP contribution is 2.25. The SMILES string of the molecule is CC(=O)N1CSC[C@H]1C(=O)OCC(=O)Nc1nc(-c2ccc(C)cc2)cs1. The molecule has 0 aliphatic carbocycles. The Bertz CT molecular complexity index is 851. The van der Waals surface area contributed by atoms with Crippen LogP contribution in [0.5, 0.6) is 0 Å². The van der Waals surface area contributed by atoms with Gasteiger partial charge in [-0.05, 0) is 6.92 Å². The number of amides is 2. The molecule has 0 saturated carbocycles. The first-order valence-electron chi connectivity index (χ1n) is 8.28. The van der Waals surface area contributed by atoms with Gasteiger partial charge in [0, 0.05) is 23.6 Å². The maximum absolute atomic E-state index is 12.1. The summed E-state index contributed by atoms with van der Waals surface area (Å²) in [7, 11) is 0. The van der Waals surface area contributed by atoms with Gasteiger partial charge in [-0.2, -0.15) is 0 Å². The third kappa shape index (κ3) is 4.86. The maximum atomic E-state index is 12.1. The van der Waals surface area contributed by atoms with Crippen molar-refractivity contribution in [2.75, 3.05) is 23.6 Å². The highest BCUT2D eigenvalue weighted by molar-refractivity contribution is 7.99. The van der Waals surface area contributed by atoms with E-state index in [9.17, 15) is 14.4 Å². The molecule has 0 bridgehead atoms. The van der Waals surface area contributed by atoms with Gasteiger partial charge in [0.1, 0.15) is 6.04 Å². The summed E-state index contributed by atoms with van der Waals surface area (Å²) >= 11 is 2.78. The van der Waals surface area contributed by atoms with Gasteiger partial charge in [0.25, 0.3) is 5.91 Å². The average molecular weight is 406 g/mol. The van der Waals surface area contributed by atoms with Gasteiger partial charge >= 0.3 is 5.97 Å². The molecule has 1 aromatic carbocycles. The van der Waals surface area contributed by atoms with Crippen molar-refractivity contribution in [1.82, 2.24) is 9.88 Å². The molecule has 7 nitrogen and oxygen atoms in total. The average Bonchev–Trinajstić information content (AvgIpc) is 3.30. The van der Waals surface area contributed by atoms with Crippen LogP contribution in [0.15, 0.2) is 29.6 Å². The highest BCUT2D eigenvalue weighted by Gasteiger charge is 2.34. The molecule has 9 heteroatoms. The van der Waals surface area contributed by atoms with Crippen molar-refractivity contribution in [1.29, 1.82) is 0 Å². The third-order valence-electron chi connectivity index (χ3n) is 4.00. The number of nitrogens with zero attached hydrogens (tertiary/aromatic N) is 2. The van der Waals surface area contributed by atoms with Crippen LogP contribution in [0.2, 0.25) is 0 Å². The van der Waals surface area contributed by atoms with Crippen molar-refractivity contribution in [2.24, 2.45) is 0 Å². The number of hydrogen-bond acceptors (Lipinski definition) is 7. The number of thioether (sulfide) groups is 1. The van der Waals surface area contributed by atoms with Gasteiger partial charge in [-0.3, -0.25) is 14.9 Å². The van der Waals surface area contributed by atoms with Crippen LogP contribution in [-0.2, 0) is 19.1 Å². The van der Waals surface area contributed by atoms with Crippen molar-refractivity contribution >= 4 is 46.0 Å². The van der Waals surface area contributed by atoms with E-state index in [0.717, 1.165) is 16.8 Å². The molecule has 1 aliphatic heterocycles. The Kier molecular flexibility index (Phi) is 6.12. The van der Waals surface area contributed by atoms with Crippen LogP contribution < -0.4 is 5.32 Å². The van der Waals surface area contributed by atoms with Gasteiger partial charge in [0.05, 0.1) is 11.6 Å². The molecule has 2 amide bonds. The van der Waals surface area contributed by atoms with E-state index >= 15 is 0 Å². The Hall–Kier alpha value is -2.39. The van der Waals surface area contributed by atoms with E-state index in [1.165, 1.54) is 34.9 Å². The lowest BCUT2D eigenvalue weighted by atomic mass is 10.1. The topological polar surface area (TPSA) is 88.6 Å². The molecule has 1 fully saturated rings. The summed E-state index contributed by atoms with van der Waals surface area (Å²) in [5.41, 5.74) is 2.90. The largest absolute Gasteiger partial charge is 0.454 e. The predicted molar refractivity (Wildman–Crippen MR) is 106 cm³/mol. The zero-order valence-electron chi connectivity index (χ0n) is 14.9. The number of ether oxygens (including phenoxy) is 1. The van der Waals surface area contributed by atoms with E-state index in [1.807, 2.05) is 36.6 Å². The number of hydrogen-bond donors (Lipinski definition) is 1. The van der Waals surface area contributed by atoms with Crippen molar-refractivity contribution in [3.05, 3.63) is 35.2 Å². The summed E-state index contributed by atoms with van der Waals surface area (Å²) in [6, 6.07) is 7.31. The van der Waals surface area contributed by atoms with Gasteiger partial charge in [-0.25, -0.2) is 9.78 Å². The lowest BCUT2D eigenvalue weighted by molar-refractivity contribution is -0.154. The highest BCUT2D eigenvalue weighted by atomic mass is 32.2. The van der Waals surface area contributed by atoms with E-state index in [-0.39, 0.29) is 5.91 Å². The smallest absolute Gasteiger partial charge is 0.330 e. The van der Waals surface area contributed by atoms with Crippen LogP contribution >= 0.6 is 23.1 Å². The number of aromatic nitrogens is 1. The fraction of sp³-hybridized carbons (Fsp3) is 0.333. The first-order valence-corrected chi connectivity index (χ1v) is 10.3. The Morgan fingerprint density at radius 1 is 1.30 bits per heavy atom. The normalized spacial score (nSPS) is 16.2. The predicted octanol–water partition coefficient (Wildman–Crippen LogP) is 2.52. The molecule has 1 aliphatic rings. The third-order valence-corrected chi connectivity index (χ3v) is 5.77. The van der Waals surface area contributed by atoms with Gasteiger partial charge in [0.15, 0.2) is 11.7 Å². The van der Waals surface area contributed by atoms with Crippen LogP contribution in [0.25, 0.3) is 11.3 Å². The summed E-state index contributed by atoms with van der Waals surface area (Å²) < 4.78 is 5.06. The van der Waals surface area contributed by atoms with Crippen molar-refractivity contribution < 1.29 is 19.1 Å². The molecule has 1 aromatic heterocycles. The quantitative estimate of drug-likeness (QED) is 0.769. The van der Waals surface area contributed by atoms with Crippen LogP contribution in [0.1, 0.15) is 12.5 Å². The molecule has 3 rings (SSSR count). The molecule has 0 unspecified atom stereocenters. The summed E-state index contributed by atoms with van der Waals surface area (Å²) in [4.78, 5) is 41.5. The second kappa shape index (κ2) is 8.53. The molecule has 1 N–H and O–H groups in total. The van der Waals surface area contributed by atoms with Gasteiger partial charge < -0.3 is 9.64 Å². The molecule has 142 valence electrons. The summed E-state index contributed by atoms with van der Waals surface area (Å²) in [6.45, 7) is 3.01. The standard InChI is InChI=1S/C18H19N3O4S2/c1-11-3-5-13(6-4-11)14-8-27-18(19-14)20-16(23)7-25-17(24)15-9-26-10-21(15)12(2)22/h3-6,8,15H,7,9-10H2,1-2H3,(H,19,20,23)/t15-/m0/s1. The van der Waals surface area contributed by atoms with Crippen LogP contribution in [0.3, 0.4) is 0 Å². The van der Waals surface area contributed by atoms with Crippen LogP contribution in [-0.4, -0.2) is 51.9 Å². The lowest BCUT2D eigenvalue weighted by Crippen LogP contribution is -2.42. The van der Waals surface area contributed by atoms with Crippen LogP contribution in [0.4, 0.5) is 5.13 Å². The van der Waals surface area contributed by atoms with Gasteiger partial charge in [-0.1, -0.05) is 29.8 Å². The Morgan fingerprint density at radius 2 is 2.04 bits per heavy atom. The van der Waals surface area contributed by atoms with Gasteiger partial charge in [0.2, 0.25) is 5.91 Å². The number of carbonyl (C=O) groups is 3. The number of nitrogens with one attached hydrogen (secondary N) is 1. The number of anilines is 1. The molecule has 0 spiro atoms. The van der Waals surface area contributed by atoms with E-state index < -0.39 is 24.5 Å². The monoisotopic (exact) mass is 405 g/mol. The summed E-state index contributed by atoms with van der Waals surface area (Å²) in [5, 5.41) is 4.92. The molecular weight excluding hydrogens is 386 g/mol. The number of benzene rings is 1. The molecule has 27 heavy (non-hydrogen) atoms. The Morgan fingerprint density at radius 3 is 2.74 bits per heavy atom. The van der Waals surface area contributed by atoms with E-state index in [4.69, 9.17) is 4.74 Å². The summed E-state index contributed by atoms with van der Waals surface area (Å²) in [5.74, 6) is -0.273. The number of esters is 1. The molecule has 2 aromatic rings. The van der Waals surface area contributed by atoms with E-state index in [1.54, 1.807) is 0 Å². The van der Waals surface area contributed by atoms with Crippen molar-refractivity contribution in [2.45, 2.75) is 19.9 Å². The lowest BCUT2D eigenvalue weighted by Gasteiger charge is -2.20. The van der Waals surface area contributed by atoms with E-state index in [2.05, 4.69) is 10.3 Å². The number of thiazole rings is 1. The van der Waals surface area contributed by atoms with Gasteiger partial charge in [-0.15, -0.1) is 23.1 Å². The second-order valence-corrected chi connectivity index (χ2v) is 7.92. The number of carbonyl (C=O) groups excluding carboxylic acids is 3. The van der Waals surface area contributed by atoms with E-state index in [0.29, 0.717) is 16.8 Å². The minimum absolute atomic E-state index is 0.183. The molecule has 0 radical (unpaired) electrons. The Balaban J connectivity index is 1.52. The molecule has 2 heterocycles. The Labute approximate surface area is 165 Å². The number of aryl methyl sites for hydroxylation is 1. The second-order valence-electron chi connectivity index (χ2n) is 6.06. The zero-order chi connectivity index (χ0) is 19.4. The fourth-order valence-electron chi connectivity index (χ4n) is 2.52. The molecule has 1 atom stereocenters. The minimum Gasteiger partial charge on any atom is -0.454 e. The minimum atomic E-state index is -0.631. The van der Waals surface area contributed by atoms with Crippen LogP contribution in [0, 0.1) is 6.92 Å². The number of rotatable bonds is 5. The first-order chi connectivity index (χ1) is 12.9. The fourth-order valence-corrected chi connectivity index (χ4v) is 4.46. The first kappa shape index (κ1) is 19.4. The summed E-state index contributed by atoms with van der Waals surface area (Å²) in [6.07, 6.45) is 0. The maximum Gasteiger partial charge on any atom is 0.330 e. The zero-order valence-corrected chi connectivity index (χ0v) is 16.6. The van der Waals surface area contributed by atoms with Crippen molar-refractivity contribution in [3.63, 3.8) is 0 Å². The van der Waals surface area contributed by atoms with Crippen molar-refractivity contribution in [3.8, 4) is 11.3 Å².